The summed E-state index contributed by atoms with van der Waals surface area (Å²) >= 11 is 0. The molecular weight excluding hydrogens is 276 g/mol. The second kappa shape index (κ2) is 7.27. The number of hydrogen-bond acceptors (Lipinski definition) is 3. The molecule has 0 radical (unpaired) electrons. The zero-order valence-electron chi connectivity index (χ0n) is 14.4. The first kappa shape index (κ1) is 17.0. The number of aromatic nitrogens is 2. The lowest BCUT2D eigenvalue weighted by molar-refractivity contribution is 0.0656. The van der Waals surface area contributed by atoms with Gasteiger partial charge in [0.2, 0.25) is 0 Å². The molecule has 1 aliphatic rings. The van der Waals surface area contributed by atoms with Crippen LogP contribution >= 0.6 is 0 Å². The maximum atomic E-state index is 12.2. The number of carbonyl (C=O) groups excluding carboxylic acids is 1. The molecule has 22 heavy (non-hydrogen) atoms. The summed E-state index contributed by atoms with van der Waals surface area (Å²) in [5.41, 5.74) is 1.50. The number of amides is 1. The molecule has 2 rings (SSSR count). The highest BCUT2D eigenvalue weighted by molar-refractivity contribution is 5.92. The van der Waals surface area contributed by atoms with E-state index in [4.69, 9.17) is 0 Å². The van der Waals surface area contributed by atoms with Crippen LogP contribution in [0.2, 0.25) is 0 Å². The second-order valence-corrected chi connectivity index (χ2v) is 7.22. The average Bonchev–Trinajstić information content (AvgIpc) is 2.94. The lowest BCUT2D eigenvalue weighted by Gasteiger charge is -2.43. The maximum Gasteiger partial charge on any atom is 0.271 e. The summed E-state index contributed by atoms with van der Waals surface area (Å²) in [4.78, 5) is 14.7. The molecule has 1 aliphatic heterocycles. The summed E-state index contributed by atoms with van der Waals surface area (Å²) in [6.45, 7) is 11.7. The number of aromatic amines is 1. The Morgan fingerprint density at radius 3 is 3.00 bits per heavy atom. The number of piperidine rings is 1. The van der Waals surface area contributed by atoms with Crippen molar-refractivity contribution in [1.82, 2.24) is 20.4 Å². The molecule has 2 N–H and O–H groups in total. The first-order valence-electron chi connectivity index (χ1n) is 8.50. The minimum atomic E-state index is -0.0864. The predicted molar refractivity (Wildman–Crippen MR) is 89.0 cm³/mol. The van der Waals surface area contributed by atoms with Crippen molar-refractivity contribution in [2.45, 2.75) is 58.9 Å². The Labute approximate surface area is 133 Å². The average molecular weight is 306 g/mol. The number of rotatable bonds is 6. The summed E-state index contributed by atoms with van der Waals surface area (Å²) in [6.07, 6.45) is 4.53. The molecule has 0 bridgehead atoms. The number of H-pyrrole nitrogens is 1. The molecule has 0 aromatic carbocycles. The number of hydrogen-bond donors (Lipinski definition) is 2. The Hall–Kier alpha value is -1.36. The van der Waals surface area contributed by atoms with E-state index in [9.17, 15) is 4.79 Å². The van der Waals surface area contributed by atoms with Crippen LogP contribution in [0, 0.1) is 5.92 Å². The van der Waals surface area contributed by atoms with Crippen LogP contribution in [0.15, 0.2) is 6.07 Å². The monoisotopic (exact) mass is 306 g/mol. The van der Waals surface area contributed by atoms with E-state index in [-0.39, 0.29) is 11.4 Å². The van der Waals surface area contributed by atoms with E-state index < -0.39 is 0 Å². The third-order valence-corrected chi connectivity index (χ3v) is 4.58. The minimum absolute atomic E-state index is 0.0209. The van der Waals surface area contributed by atoms with E-state index in [1.54, 1.807) is 0 Å². The van der Waals surface area contributed by atoms with E-state index in [0.717, 1.165) is 37.5 Å². The Morgan fingerprint density at radius 2 is 2.32 bits per heavy atom. The molecule has 5 heteroatoms. The molecule has 1 aromatic heterocycles. The van der Waals surface area contributed by atoms with Gasteiger partial charge in [0.15, 0.2) is 0 Å². The molecular formula is C17H30N4O. The smallest absolute Gasteiger partial charge is 0.271 e. The van der Waals surface area contributed by atoms with Crippen molar-refractivity contribution < 1.29 is 4.79 Å². The minimum Gasteiger partial charge on any atom is -0.349 e. The largest absolute Gasteiger partial charge is 0.349 e. The van der Waals surface area contributed by atoms with Crippen molar-refractivity contribution in [3.8, 4) is 0 Å². The van der Waals surface area contributed by atoms with Crippen molar-refractivity contribution in [3.05, 3.63) is 17.5 Å². The summed E-state index contributed by atoms with van der Waals surface area (Å²) in [7, 11) is 0. The fourth-order valence-electron chi connectivity index (χ4n) is 3.11. The summed E-state index contributed by atoms with van der Waals surface area (Å²) < 4.78 is 0. The highest BCUT2D eigenvalue weighted by Gasteiger charge is 2.30. The van der Waals surface area contributed by atoms with E-state index in [1.165, 1.54) is 12.8 Å². The normalized spacial score (nSPS) is 20.1. The standard InChI is InChI=1S/C17H30N4O/c1-5-7-14-10-15(20-19-14)16(22)18-12-17(3,4)21-9-6-8-13(2)11-21/h10,13H,5-9,11-12H2,1-4H3,(H,18,22)(H,19,20). The van der Waals surface area contributed by atoms with Crippen LogP contribution in [0.25, 0.3) is 0 Å². The van der Waals surface area contributed by atoms with Gasteiger partial charge in [0.25, 0.3) is 5.91 Å². The molecule has 1 aromatic rings. The van der Waals surface area contributed by atoms with Crippen LogP contribution in [0.5, 0.6) is 0 Å². The van der Waals surface area contributed by atoms with Crippen LogP contribution in [-0.4, -0.2) is 46.2 Å². The number of likely N-dealkylation sites (tertiary alicyclic amines) is 1. The molecule has 0 saturated carbocycles. The quantitative estimate of drug-likeness (QED) is 0.849. The Kier molecular flexibility index (Phi) is 5.62. The van der Waals surface area contributed by atoms with Gasteiger partial charge in [0.1, 0.15) is 5.69 Å². The first-order valence-corrected chi connectivity index (χ1v) is 8.50. The van der Waals surface area contributed by atoms with Gasteiger partial charge in [-0.2, -0.15) is 5.10 Å². The van der Waals surface area contributed by atoms with Crippen LogP contribution in [0.4, 0.5) is 0 Å². The van der Waals surface area contributed by atoms with Gasteiger partial charge in [0.05, 0.1) is 0 Å². The third kappa shape index (κ3) is 4.32. The van der Waals surface area contributed by atoms with Gasteiger partial charge in [-0.05, 0) is 51.6 Å². The highest BCUT2D eigenvalue weighted by atomic mass is 16.1. The van der Waals surface area contributed by atoms with Gasteiger partial charge in [-0.1, -0.05) is 20.3 Å². The summed E-state index contributed by atoms with van der Waals surface area (Å²) in [5, 5.41) is 10.1. The molecule has 5 nitrogen and oxygen atoms in total. The van der Waals surface area contributed by atoms with Gasteiger partial charge >= 0.3 is 0 Å². The fraction of sp³-hybridized carbons (Fsp3) is 0.765. The molecule has 2 heterocycles. The molecule has 0 aliphatic carbocycles. The lowest BCUT2D eigenvalue weighted by atomic mass is 9.93. The number of nitrogens with zero attached hydrogens (tertiary/aromatic N) is 2. The number of nitrogens with one attached hydrogen (secondary N) is 2. The van der Waals surface area contributed by atoms with Crippen molar-refractivity contribution in [1.29, 1.82) is 0 Å². The molecule has 1 atom stereocenters. The van der Waals surface area contributed by atoms with Crippen LogP contribution in [0.3, 0.4) is 0 Å². The van der Waals surface area contributed by atoms with Crippen LogP contribution in [-0.2, 0) is 6.42 Å². The predicted octanol–water partition coefficient (Wildman–Crippen LogP) is 2.60. The Balaban J connectivity index is 1.88. The zero-order valence-corrected chi connectivity index (χ0v) is 14.4. The van der Waals surface area contributed by atoms with Crippen molar-refractivity contribution in [2.24, 2.45) is 5.92 Å². The van der Waals surface area contributed by atoms with E-state index in [0.29, 0.717) is 12.2 Å². The summed E-state index contributed by atoms with van der Waals surface area (Å²) in [5.74, 6) is 0.656. The topological polar surface area (TPSA) is 61.0 Å². The SMILES string of the molecule is CCCc1cc(C(=O)NCC(C)(C)N2CCCC(C)C2)n[nH]1. The summed E-state index contributed by atoms with van der Waals surface area (Å²) in [6, 6.07) is 1.86. The molecule has 124 valence electrons. The second-order valence-electron chi connectivity index (χ2n) is 7.22. The van der Waals surface area contributed by atoms with Crippen molar-refractivity contribution >= 4 is 5.91 Å². The molecule has 1 saturated heterocycles. The highest BCUT2D eigenvalue weighted by Crippen LogP contribution is 2.23. The number of carbonyl (C=O) groups is 1. The van der Waals surface area contributed by atoms with Gasteiger partial charge in [-0.15, -0.1) is 0 Å². The van der Waals surface area contributed by atoms with Crippen molar-refractivity contribution in [2.75, 3.05) is 19.6 Å². The Morgan fingerprint density at radius 1 is 1.55 bits per heavy atom. The van der Waals surface area contributed by atoms with Gasteiger partial charge < -0.3 is 5.32 Å². The zero-order chi connectivity index (χ0) is 16.2. The third-order valence-electron chi connectivity index (χ3n) is 4.58. The Bertz CT molecular complexity index is 495. The van der Waals surface area contributed by atoms with E-state index in [2.05, 4.69) is 48.1 Å². The number of aryl methyl sites for hydroxylation is 1. The molecule has 1 unspecified atom stereocenters. The van der Waals surface area contributed by atoms with E-state index in [1.807, 2.05) is 6.07 Å². The first-order chi connectivity index (χ1) is 10.4. The van der Waals surface area contributed by atoms with Crippen LogP contribution < -0.4 is 5.32 Å². The molecule has 0 spiro atoms. The lowest BCUT2D eigenvalue weighted by Crippen LogP contribution is -2.54. The fourth-order valence-corrected chi connectivity index (χ4v) is 3.11. The molecule has 1 amide bonds. The van der Waals surface area contributed by atoms with Crippen LogP contribution in [0.1, 0.15) is 63.1 Å². The molecule has 1 fully saturated rings. The maximum absolute atomic E-state index is 12.2. The van der Waals surface area contributed by atoms with Gasteiger partial charge in [-0.25, -0.2) is 0 Å². The van der Waals surface area contributed by atoms with Gasteiger partial charge in [0, 0.05) is 24.3 Å². The van der Waals surface area contributed by atoms with Crippen molar-refractivity contribution in [3.63, 3.8) is 0 Å². The van der Waals surface area contributed by atoms with Gasteiger partial charge in [-0.3, -0.25) is 14.8 Å². The van der Waals surface area contributed by atoms with E-state index >= 15 is 0 Å².